The summed E-state index contributed by atoms with van der Waals surface area (Å²) in [6.45, 7) is 0.303. The molecule has 0 spiro atoms. The molecule has 5 rings (SSSR count). The minimum absolute atomic E-state index is 0.303. The molecular weight excluding hydrogens is 264 g/mol. The van der Waals surface area contributed by atoms with Crippen molar-refractivity contribution < 1.29 is 9.47 Å². The van der Waals surface area contributed by atoms with Gasteiger partial charge in [-0.1, -0.05) is 18.2 Å². The fourth-order valence-corrected chi connectivity index (χ4v) is 2.96. The van der Waals surface area contributed by atoms with E-state index in [1.54, 1.807) is 0 Å². The summed E-state index contributed by atoms with van der Waals surface area (Å²) in [4.78, 5) is 6.77. The van der Waals surface area contributed by atoms with Crippen molar-refractivity contribution in [3.8, 4) is 22.8 Å². The zero-order valence-corrected chi connectivity index (χ0v) is 11.1. The zero-order valence-electron chi connectivity index (χ0n) is 11.1. The molecule has 1 aliphatic rings. The summed E-state index contributed by atoms with van der Waals surface area (Å²) in [5, 5.41) is 2.34. The Hall–Kier alpha value is -2.88. The number of nitrogens with one attached hydrogen (secondary N) is 2. The van der Waals surface area contributed by atoms with Crippen molar-refractivity contribution in [2.24, 2.45) is 0 Å². The number of hydrogen-bond acceptors (Lipinski definition) is 2. The lowest BCUT2D eigenvalue weighted by Gasteiger charge is -1.95. The van der Waals surface area contributed by atoms with Crippen molar-refractivity contribution in [3.63, 3.8) is 0 Å². The molecule has 4 heteroatoms. The highest BCUT2D eigenvalue weighted by atomic mass is 16.7. The highest BCUT2D eigenvalue weighted by Crippen LogP contribution is 2.38. The molecule has 0 saturated carbocycles. The zero-order chi connectivity index (χ0) is 13.8. The lowest BCUT2D eigenvalue weighted by molar-refractivity contribution is 0.174. The third-order valence-corrected chi connectivity index (χ3v) is 3.99. The monoisotopic (exact) mass is 276 g/mol. The van der Waals surface area contributed by atoms with Crippen molar-refractivity contribution >= 4 is 21.8 Å². The molecular formula is C17H12N2O2. The Labute approximate surface area is 120 Å². The second kappa shape index (κ2) is 3.82. The number of aromatic nitrogens is 2. The molecule has 0 bridgehead atoms. The van der Waals surface area contributed by atoms with Gasteiger partial charge in [-0.15, -0.1) is 0 Å². The maximum atomic E-state index is 5.43. The normalized spacial score (nSPS) is 13.3. The molecule has 2 aromatic heterocycles. The highest BCUT2D eigenvalue weighted by Gasteiger charge is 2.16. The van der Waals surface area contributed by atoms with E-state index in [0.717, 1.165) is 33.6 Å². The Morgan fingerprint density at radius 3 is 2.71 bits per heavy atom. The van der Waals surface area contributed by atoms with Crippen LogP contribution in [0.25, 0.3) is 33.1 Å². The maximum Gasteiger partial charge on any atom is 0.231 e. The van der Waals surface area contributed by atoms with E-state index in [0.29, 0.717) is 6.79 Å². The fraction of sp³-hybridized carbons (Fsp3) is 0.0588. The summed E-state index contributed by atoms with van der Waals surface area (Å²) in [6.07, 6.45) is 2.04. The summed E-state index contributed by atoms with van der Waals surface area (Å²) >= 11 is 0. The molecule has 0 unspecified atom stereocenters. The van der Waals surface area contributed by atoms with E-state index in [1.807, 2.05) is 24.4 Å². The van der Waals surface area contributed by atoms with Crippen LogP contribution in [0, 0.1) is 0 Å². The molecule has 0 radical (unpaired) electrons. The largest absolute Gasteiger partial charge is 0.454 e. The van der Waals surface area contributed by atoms with Crippen molar-refractivity contribution in [3.05, 3.63) is 48.7 Å². The molecule has 0 amide bonds. The Morgan fingerprint density at radius 1 is 0.905 bits per heavy atom. The van der Waals surface area contributed by atoms with Gasteiger partial charge < -0.3 is 19.4 Å². The van der Waals surface area contributed by atoms with Crippen molar-refractivity contribution in [1.29, 1.82) is 0 Å². The SMILES string of the molecule is c1ccc2c(-c3cc4cc5c(cc4[nH]3)OCO5)c[nH]c2c1. The van der Waals surface area contributed by atoms with E-state index < -0.39 is 0 Å². The van der Waals surface area contributed by atoms with Gasteiger partial charge in [0.15, 0.2) is 11.5 Å². The first-order valence-corrected chi connectivity index (χ1v) is 6.87. The average Bonchev–Trinajstić information content (AvgIpc) is 3.21. The molecule has 0 fully saturated rings. The molecule has 0 saturated heterocycles. The standard InChI is InChI=1S/C17H12N2O2/c1-2-4-13-11(3-1)12(8-18-13)15-5-10-6-16-17(21-9-20-16)7-14(10)19-15/h1-8,18-19H,9H2. The molecule has 102 valence electrons. The van der Waals surface area contributed by atoms with E-state index >= 15 is 0 Å². The summed E-state index contributed by atoms with van der Waals surface area (Å²) in [5.74, 6) is 1.61. The van der Waals surface area contributed by atoms with Gasteiger partial charge in [0.25, 0.3) is 0 Å². The number of benzene rings is 2. The van der Waals surface area contributed by atoms with E-state index in [9.17, 15) is 0 Å². The number of hydrogen-bond donors (Lipinski definition) is 2. The molecule has 0 aliphatic carbocycles. The quantitative estimate of drug-likeness (QED) is 0.551. The van der Waals surface area contributed by atoms with Gasteiger partial charge in [0.1, 0.15) is 0 Å². The minimum Gasteiger partial charge on any atom is -0.454 e. The van der Waals surface area contributed by atoms with E-state index in [4.69, 9.17) is 9.47 Å². The van der Waals surface area contributed by atoms with Crippen LogP contribution in [-0.4, -0.2) is 16.8 Å². The summed E-state index contributed by atoms with van der Waals surface area (Å²) in [6, 6.07) is 14.5. The molecule has 2 N–H and O–H groups in total. The van der Waals surface area contributed by atoms with Crippen molar-refractivity contribution in [2.45, 2.75) is 0 Å². The number of H-pyrrole nitrogens is 2. The first-order chi connectivity index (χ1) is 10.4. The van der Waals surface area contributed by atoms with E-state index in [1.165, 1.54) is 10.9 Å². The Balaban J connectivity index is 1.74. The van der Waals surface area contributed by atoms with Gasteiger partial charge in [-0.2, -0.15) is 0 Å². The first kappa shape index (κ1) is 10.9. The summed E-state index contributed by atoms with van der Waals surface area (Å²) in [5.41, 5.74) is 4.45. The van der Waals surface area contributed by atoms with Gasteiger partial charge in [0.05, 0.1) is 0 Å². The Kier molecular flexibility index (Phi) is 1.98. The Bertz CT molecular complexity index is 940. The van der Waals surface area contributed by atoms with Gasteiger partial charge in [0, 0.05) is 45.3 Å². The van der Waals surface area contributed by atoms with Crippen molar-refractivity contribution in [2.75, 3.05) is 6.79 Å². The molecule has 0 atom stereocenters. The highest BCUT2D eigenvalue weighted by molar-refractivity contribution is 5.98. The van der Waals surface area contributed by atoms with Crippen LogP contribution < -0.4 is 9.47 Å². The van der Waals surface area contributed by atoms with Crippen LogP contribution >= 0.6 is 0 Å². The molecule has 21 heavy (non-hydrogen) atoms. The van der Waals surface area contributed by atoms with Gasteiger partial charge in [0.2, 0.25) is 6.79 Å². The van der Waals surface area contributed by atoms with Gasteiger partial charge >= 0.3 is 0 Å². The predicted octanol–water partition coefficient (Wildman–Crippen LogP) is 4.04. The van der Waals surface area contributed by atoms with Gasteiger partial charge in [-0.3, -0.25) is 0 Å². The van der Waals surface area contributed by atoms with E-state index in [-0.39, 0.29) is 0 Å². The lowest BCUT2D eigenvalue weighted by Crippen LogP contribution is -1.92. The second-order valence-electron chi connectivity index (χ2n) is 5.22. The molecule has 4 nitrogen and oxygen atoms in total. The number of rotatable bonds is 1. The van der Waals surface area contributed by atoms with Crippen LogP contribution in [0.2, 0.25) is 0 Å². The average molecular weight is 276 g/mol. The first-order valence-electron chi connectivity index (χ1n) is 6.87. The minimum atomic E-state index is 0.303. The summed E-state index contributed by atoms with van der Waals surface area (Å²) in [7, 11) is 0. The maximum absolute atomic E-state index is 5.43. The van der Waals surface area contributed by atoms with Crippen LogP contribution in [0.4, 0.5) is 0 Å². The molecule has 4 aromatic rings. The lowest BCUT2D eigenvalue weighted by atomic mass is 10.1. The van der Waals surface area contributed by atoms with Crippen LogP contribution in [-0.2, 0) is 0 Å². The van der Waals surface area contributed by atoms with Gasteiger partial charge in [-0.25, -0.2) is 0 Å². The fourth-order valence-electron chi connectivity index (χ4n) is 2.96. The Morgan fingerprint density at radius 2 is 1.76 bits per heavy atom. The smallest absolute Gasteiger partial charge is 0.231 e. The number of para-hydroxylation sites is 1. The number of aromatic amines is 2. The van der Waals surface area contributed by atoms with Crippen LogP contribution in [0.1, 0.15) is 0 Å². The van der Waals surface area contributed by atoms with E-state index in [2.05, 4.69) is 34.2 Å². The number of ether oxygens (including phenoxy) is 2. The van der Waals surface area contributed by atoms with Crippen molar-refractivity contribution in [1.82, 2.24) is 9.97 Å². The predicted molar refractivity (Wildman–Crippen MR) is 81.7 cm³/mol. The van der Waals surface area contributed by atoms with Gasteiger partial charge in [-0.05, 0) is 18.2 Å². The molecule has 1 aliphatic heterocycles. The number of fused-ring (bicyclic) bond motifs is 3. The third-order valence-electron chi connectivity index (χ3n) is 3.99. The third kappa shape index (κ3) is 1.50. The molecule has 2 aromatic carbocycles. The summed E-state index contributed by atoms with van der Waals surface area (Å²) < 4.78 is 10.9. The van der Waals surface area contributed by atoms with Crippen LogP contribution in [0.3, 0.4) is 0 Å². The van der Waals surface area contributed by atoms with Crippen LogP contribution in [0.15, 0.2) is 48.7 Å². The topological polar surface area (TPSA) is 50.0 Å². The van der Waals surface area contributed by atoms with Crippen LogP contribution in [0.5, 0.6) is 11.5 Å². The second-order valence-corrected chi connectivity index (χ2v) is 5.22. The molecule has 3 heterocycles.